The Hall–Kier alpha value is -3.12. The van der Waals surface area contributed by atoms with Crippen LogP contribution in [0.1, 0.15) is 41.6 Å². The number of methoxy groups -OCH3 is 1. The molecule has 3 aromatic rings. The molecular formula is C23H25NO5. The SMILES string of the molecule is CCN(CC)C(=O)[C@@H](OC(=O)c1oc2ccccc2c1COC)c1ccccc1. The van der Waals surface area contributed by atoms with E-state index in [0.29, 0.717) is 29.8 Å². The molecule has 0 fully saturated rings. The molecule has 0 N–H and O–H groups in total. The van der Waals surface area contributed by atoms with Crippen LogP contribution < -0.4 is 0 Å². The maximum atomic E-state index is 13.1. The number of rotatable bonds is 8. The molecule has 6 heteroatoms. The Morgan fingerprint density at radius 3 is 2.31 bits per heavy atom. The standard InChI is InChI=1S/C23H25NO5/c1-4-24(5-2)22(25)20(16-11-7-6-8-12-16)29-23(26)21-18(15-27-3)17-13-9-10-14-19(17)28-21/h6-14,20H,4-5,15H2,1-3H3/t20-/m0/s1. The number of amides is 1. The molecule has 0 aliphatic rings. The molecule has 1 amide bonds. The van der Waals surface area contributed by atoms with Crippen LogP contribution in [-0.4, -0.2) is 37.0 Å². The van der Waals surface area contributed by atoms with Gasteiger partial charge in [0.05, 0.1) is 6.61 Å². The molecule has 0 saturated carbocycles. The van der Waals surface area contributed by atoms with Crippen LogP contribution in [0.5, 0.6) is 0 Å². The van der Waals surface area contributed by atoms with Crippen molar-refractivity contribution in [3.63, 3.8) is 0 Å². The van der Waals surface area contributed by atoms with Crippen LogP contribution in [0.3, 0.4) is 0 Å². The third kappa shape index (κ3) is 4.32. The van der Waals surface area contributed by atoms with Crippen LogP contribution in [0.2, 0.25) is 0 Å². The Morgan fingerprint density at radius 2 is 1.66 bits per heavy atom. The zero-order valence-corrected chi connectivity index (χ0v) is 16.9. The number of esters is 1. The Morgan fingerprint density at radius 1 is 1.00 bits per heavy atom. The highest BCUT2D eigenvalue weighted by Crippen LogP contribution is 2.29. The molecule has 0 radical (unpaired) electrons. The van der Waals surface area contributed by atoms with E-state index in [-0.39, 0.29) is 18.3 Å². The van der Waals surface area contributed by atoms with Gasteiger partial charge in [0.2, 0.25) is 11.9 Å². The van der Waals surface area contributed by atoms with Crippen molar-refractivity contribution < 1.29 is 23.5 Å². The fourth-order valence-corrected chi connectivity index (χ4v) is 3.30. The van der Waals surface area contributed by atoms with E-state index in [1.165, 1.54) is 0 Å². The zero-order valence-electron chi connectivity index (χ0n) is 16.9. The number of furan rings is 1. The highest BCUT2D eigenvalue weighted by Gasteiger charge is 2.31. The smallest absolute Gasteiger partial charge is 0.375 e. The number of hydrogen-bond acceptors (Lipinski definition) is 5. The van der Waals surface area contributed by atoms with Gasteiger partial charge in [-0.1, -0.05) is 48.5 Å². The van der Waals surface area contributed by atoms with Crippen molar-refractivity contribution in [2.24, 2.45) is 0 Å². The van der Waals surface area contributed by atoms with Gasteiger partial charge in [-0.15, -0.1) is 0 Å². The van der Waals surface area contributed by atoms with Gasteiger partial charge in [-0.2, -0.15) is 0 Å². The number of hydrogen-bond donors (Lipinski definition) is 0. The Labute approximate surface area is 170 Å². The number of para-hydroxylation sites is 1. The molecule has 6 nitrogen and oxygen atoms in total. The number of ether oxygens (including phenoxy) is 2. The summed E-state index contributed by atoms with van der Waals surface area (Å²) in [7, 11) is 1.55. The quantitative estimate of drug-likeness (QED) is 0.531. The summed E-state index contributed by atoms with van der Waals surface area (Å²) in [6.07, 6.45) is -1.05. The van der Waals surface area contributed by atoms with Crippen molar-refractivity contribution in [1.29, 1.82) is 0 Å². The van der Waals surface area contributed by atoms with E-state index in [2.05, 4.69) is 0 Å². The van der Waals surface area contributed by atoms with Crippen LogP contribution in [-0.2, 0) is 20.9 Å². The molecule has 3 rings (SSSR count). The first-order chi connectivity index (χ1) is 14.1. The van der Waals surface area contributed by atoms with Crippen LogP contribution in [0.4, 0.5) is 0 Å². The summed E-state index contributed by atoms with van der Waals surface area (Å²) < 4.78 is 16.7. The van der Waals surface area contributed by atoms with E-state index < -0.39 is 12.1 Å². The molecule has 0 unspecified atom stereocenters. The normalized spacial score (nSPS) is 12.0. The van der Waals surface area contributed by atoms with Crippen LogP contribution >= 0.6 is 0 Å². The molecule has 0 spiro atoms. The summed E-state index contributed by atoms with van der Waals surface area (Å²) in [6, 6.07) is 16.3. The van der Waals surface area contributed by atoms with Gasteiger partial charge in [0.15, 0.2) is 0 Å². The van der Waals surface area contributed by atoms with E-state index in [1.807, 2.05) is 50.2 Å². The second kappa shape index (κ2) is 9.39. The molecule has 2 aromatic carbocycles. The van der Waals surface area contributed by atoms with E-state index >= 15 is 0 Å². The number of nitrogens with zero attached hydrogens (tertiary/aromatic N) is 1. The first-order valence-electron chi connectivity index (χ1n) is 9.64. The molecule has 152 valence electrons. The Kier molecular flexibility index (Phi) is 6.67. The lowest BCUT2D eigenvalue weighted by molar-refractivity contribution is -0.140. The van der Waals surface area contributed by atoms with Gasteiger partial charge in [-0.3, -0.25) is 4.79 Å². The highest BCUT2D eigenvalue weighted by molar-refractivity contribution is 5.97. The zero-order chi connectivity index (χ0) is 20.8. The second-order valence-electron chi connectivity index (χ2n) is 6.55. The summed E-state index contributed by atoms with van der Waals surface area (Å²) in [5.74, 6) is -0.900. The minimum absolute atomic E-state index is 0.0568. The Bertz CT molecular complexity index is 975. The van der Waals surface area contributed by atoms with Crippen molar-refractivity contribution >= 4 is 22.8 Å². The number of likely N-dealkylation sites (N-methyl/N-ethyl adjacent to an activating group) is 1. The average Bonchev–Trinajstić information content (AvgIpc) is 3.12. The molecule has 0 saturated heterocycles. The molecule has 0 aliphatic carbocycles. The average molecular weight is 395 g/mol. The lowest BCUT2D eigenvalue weighted by Gasteiger charge is -2.25. The molecule has 0 bridgehead atoms. The molecule has 1 atom stereocenters. The summed E-state index contributed by atoms with van der Waals surface area (Å²) >= 11 is 0. The maximum absolute atomic E-state index is 13.1. The lowest BCUT2D eigenvalue weighted by atomic mass is 10.1. The predicted molar refractivity (Wildman–Crippen MR) is 109 cm³/mol. The van der Waals surface area contributed by atoms with E-state index in [4.69, 9.17) is 13.9 Å². The molecule has 1 heterocycles. The topological polar surface area (TPSA) is 69.0 Å². The van der Waals surface area contributed by atoms with Gasteiger partial charge in [-0.05, 0) is 19.9 Å². The van der Waals surface area contributed by atoms with Crippen LogP contribution in [0.15, 0.2) is 59.0 Å². The first kappa shape index (κ1) is 20.6. The molecular weight excluding hydrogens is 370 g/mol. The van der Waals surface area contributed by atoms with E-state index in [1.54, 1.807) is 30.2 Å². The van der Waals surface area contributed by atoms with Crippen molar-refractivity contribution in [1.82, 2.24) is 4.90 Å². The molecule has 29 heavy (non-hydrogen) atoms. The van der Waals surface area contributed by atoms with Crippen molar-refractivity contribution in [2.45, 2.75) is 26.6 Å². The van der Waals surface area contributed by atoms with Gasteiger partial charge in [0.25, 0.3) is 5.91 Å². The number of fused-ring (bicyclic) bond motifs is 1. The third-order valence-electron chi connectivity index (χ3n) is 4.80. The summed E-state index contributed by atoms with van der Waals surface area (Å²) in [4.78, 5) is 27.7. The van der Waals surface area contributed by atoms with Crippen molar-refractivity contribution in [2.75, 3.05) is 20.2 Å². The fraction of sp³-hybridized carbons (Fsp3) is 0.304. The minimum atomic E-state index is -1.05. The summed E-state index contributed by atoms with van der Waals surface area (Å²) in [5, 5.41) is 0.785. The van der Waals surface area contributed by atoms with E-state index in [9.17, 15) is 9.59 Å². The summed E-state index contributed by atoms with van der Waals surface area (Å²) in [5.41, 5.74) is 1.79. The second-order valence-corrected chi connectivity index (χ2v) is 6.55. The monoisotopic (exact) mass is 395 g/mol. The summed E-state index contributed by atoms with van der Waals surface area (Å²) in [6.45, 7) is 5.02. The number of carbonyl (C=O) groups is 2. The number of benzene rings is 2. The largest absolute Gasteiger partial charge is 0.449 e. The predicted octanol–water partition coefficient (Wildman–Crippen LogP) is 4.35. The van der Waals surface area contributed by atoms with Gasteiger partial charge >= 0.3 is 5.97 Å². The molecule has 0 aliphatic heterocycles. The number of carbonyl (C=O) groups excluding carboxylic acids is 2. The minimum Gasteiger partial charge on any atom is -0.449 e. The van der Waals surface area contributed by atoms with Gasteiger partial charge in [0.1, 0.15) is 5.58 Å². The third-order valence-corrected chi connectivity index (χ3v) is 4.80. The highest BCUT2D eigenvalue weighted by atomic mass is 16.6. The lowest BCUT2D eigenvalue weighted by Crippen LogP contribution is -2.36. The Balaban J connectivity index is 1.98. The van der Waals surface area contributed by atoms with Crippen molar-refractivity contribution in [3.05, 3.63) is 71.5 Å². The van der Waals surface area contributed by atoms with Gasteiger partial charge in [-0.25, -0.2) is 4.79 Å². The first-order valence-corrected chi connectivity index (χ1v) is 9.64. The maximum Gasteiger partial charge on any atom is 0.375 e. The van der Waals surface area contributed by atoms with Gasteiger partial charge < -0.3 is 18.8 Å². The van der Waals surface area contributed by atoms with E-state index in [0.717, 1.165) is 5.39 Å². The van der Waals surface area contributed by atoms with Gasteiger partial charge in [0, 0.05) is 36.7 Å². The van der Waals surface area contributed by atoms with Crippen LogP contribution in [0.25, 0.3) is 11.0 Å². The van der Waals surface area contributed by atoms with Crippen molar-refractivity contribution in [3.8, 4) is 0 Å². The van der Waals surface area contributed by atoms with Crippen LogP contribution in [0, 0.1) is 0 Å². The molecule has 1 aromatic heterocycles. The fourth-order valence-electron chi connectivity index (χ4n) is 3.30.